The van der Waals surface area contributed by atoms with E-state index >= 15 is 0 Å². The maximum Gasteiger partial charge on any atom is 0.323 e. The number of benzene rings is 3. The van der Waals surface area contributed by atoms with Crippen molar-refractivity contribution >= 4 is 34.1 Å². The van der Waals surface area contributed by atoms with Gasteiger partial charge in [0.15, 0.2) is 0 Å². The summed E-state index contributed by atoms with van der Waals surface area (Å²) in [7, 11) is 0. The van der Waals surface area contributed by atoms with Gasteiger partial charge in [0.1, 0.15) is 0 Å². The van der Waals surface area contributed by atoms with E-state index in [4.69, 9.17) is 0 Å². The molecule has 1 aliphatic rings. The number of H-pyrrole nitrogens is 1. The average Bonchev–Trinajstić information content (AvgIpc) is 2.84. The number of urea groups is 1. The molecule has 1 aromatic heterocycles. The third-order valence-electron chi connectivity index (χ3n) is 5.87. The minimum atomic E-state index is -0.312. The maximum absolute atomic E-state index is 13.3. The molecule has 7 heteroatoms. The molecule has 0 aliphatic carbocycles. The van der Waals surface area contributed by atoms with Gasteiger partial charge < -0.3 is 20.5 Å². The van der Waals surface area contributed by atoms with Gasteiger partial charge in [-0.2, -0.15) is 0 Å². The second-order valence-corrected chi connectivity index (χ2v) is 7.94. The van der Waals surface area contributed by atoms with Crippen molar-refractivity contribution in [2.24, 2.45) is 0 Å². The highest BCUT2D eigenvalue weighted by Gasteiger charge is 2.25. The molecule has 1 aliphatic heterocycles. The van der Waals surface area contributed by atoms with Gasteiger partial charge in [0.25, 0.3) is 11.5 Å². The second kappa shape index (κ2) is 8.63. The van der Waals surface area contributed by atoms with E-state index in [2.05, 4.69) is 15.6 Å². The van der Waals surface area contributed by atoms with Crippen molar-refractivity contribution in [1.29, 1.82) is 0 Å². The largest absolute Gasteiger partial charge is 0.334 e. The fourth-order valence-corrected chi connectivity index (χ4v) is 4.26. The minimum Gasteiger partial charge on any atom is -0.334 e. The molecule has 0 fully saturated rings. The second-order valence-electron chi connectivity index (χ2n) is 7.94. The Balaban J connectivity index is 1.36. The third-order valence-corrected chi connectivity index (χ3v) is 5.87. The van der Waals surface area contributed by atoms with Gasteiger partial charge in [-0.15, -0.1) is 0 Å². The van der Waals surface area contributed by atoms with Crippen LogP contribution in [-0.4, -0.2) is 28.4 Å². The van der Waals surface area contributed by atoms with Crippen LogP contribution >= 0.6 is 0 Å². The van der Waals surface area contributed by atoms with Crippen LogP contribution in [0.1, 0.15) is 21.5 Å². The molecule has 0 bridgehead atoms. The number of rotatable bonds is 3. The first-order valence-electron chi connectivity index (χ1n) is 10.7. The molecule has 2 heterocycles. The number of amides is 3. The zero-order valence-corrected chi connectivity index (χ0v) is 17.8. The van der Waals surface area contributed by atoms with Crippen LogP contribution < -0.4 is 16.2 Å². The molecule has 7 nitrogen and oxygen atoms in total. The number of aromatic nitrogens is 1. The van der Waals surface area contributed by atoms with Crippen LogP contribution in [-0.2, 0) is 13.0 Å². The molecule has 0 spiro atoms. The summed E-state index contributed by atoms with van der Waals surface area (Å²) in [4.78, 5) is 42.3. The number of anilines is 2. The highest BCUT2D eigenvalue weighted by Crippen LogP contribution is 2.28. The summed E-state index contributed by atoms with van der Waals surface area (Å²) in [6, 6.07) is 21.8. The van der Waals surface area contributed by atoms with Crippen molar-refractivity contribution in [1.82, 2.24) is 9.88 Å². The number of carbonyl (C=O) groups excluding carboxylic acids is 2. The maximum atomic E-state index is 13.3. The summed E-state index contributed by atoms with van der Waals surface area (Å²) in [5.74, 6) is -0.131. The molecule has 164 valence electrons. The molecule has 0 saturated carbocycles. The lowest BCUT2D eigenvalue weighted by Crippen LogP contribution is -2.37. The third kappa shape index (κ3) is 4.08. The van der Waals surface area contributed by atoms with Gasteiger partial charge in [0.05, 0.1) is 5.56 Å². The van der Waals surface area contributed by atoms with Crippen LogP contribution in [0.5, 0.6) is 0 Å². The summed E-state index contributed by atoms with van der Waals surface area (Å²) in [5.41, 5.74) is 3.73. The molecule has 4 aromatic rings. The van der Waals surface area contributed by atoms with E-state index in [0.717, 1.165) is 16.8 Å². The van der Waals surface area contributed by atoms with Crippen LogP contribution in [0.25, 0.3) is 10.8 Å². The Hall–Kier alpha value is -4.39. The SMILES string of the molecule is O=C(Nc1ccccc1)Nc1cccc2c1CCN(C(=O)c1c[nH]c(=O)c3ccccc13)C2. The predicted molar refractivity (Wildman–Crippen MR) is 129 cm³/mol. The fraction of sp³-hybridized carbons (Fsp3) is 0.115. The van der Waals surface area contributed by atoms with Crippen LogP contribution in [0.2, 0.25) is 0 Å². The lowest BCUT2D eigenvalue weighted by atomic mass is 9.96. The van der Waals surface area contributed by atoms with Gasteiger partial charge in [-0.1, -0.05) is 48.5 Å². The topological polar surface area (TPSA) is 94.3 Å². The molecular weight excluding hydrogens is 416 g/mol. The summed E-state index contributed by atoms with van der Waals surface area (Å²) in [6.45, 7) is 0.940. The molecule has 3 N–H and O–H groups in total. The van der Waals surface area contributed by atoms with E-state index in [9.17, 15) is 14.4 Å². The Labute approximate surface area is 190 Å². The van der Waals surface area contributed by atoms with Crippen molar-refractivity contribution in [3.8, 4) is 0 Å². The molecular formula is C26H22N4O3. The highest BCUT2D eigenvalue weighted by atomic mass is 16.2. The Morgan fingerprint density at radius 1 is 0.848 bits per heavy atom. The van der Waals surface area contributed by atoms with Gasteiger partial charge >= 0.3 is 6.03 Å². The first kappa shape index (κ1) is 20.5. The van der Waals surface area contributed by atoms with Gasteiger partial charge in [0.2, 0.25) is 0 Å². The van der Waals surface area contributed by atoms with Crippen molar-refractivity contribution in [2.45, 2.75) is 13.0 Å². The molecule has 3 aromatic carbocycles. The molecule has 0 saturated heterocycles. The fourth-order valence-electron chi connectivity index (χ4n) is 4.26. The zero-order chi connectivity index (χ0) is 22.8. The monoisotopic (exact) mass is 438 g/mol. The molecule has 0 unspecified atom stereocenters. The first-order valence-corrected chi connectivity index (χ1v) is 10.7. The van der Waals surface area contributed by atoms with Crippen LogP contribution in [0, 0.1) is 0 Å². The van der Waals surface area contributed by atoms with Gasteiger partial charge in [0, 0.05) is 41.4 Å². The molecule has 5 rings (SSSR count). The van der Waals surface area contributed by atoms with Crippen molar-refractivity contribution in [2.75, 3.05) is 17.2 Å². The Bertz CT molecular complexity index is 1410. The predicted octanol–water partition coefficient (Wildman–Crippen LogP) is 4.37. The number of carbonyl (C=O) groups is 2. The summed E-state index contributed by atoms with van der Waals surface area (Å²) in [5, 5.41) is 6.90. The van der Waals surface area contributed by atoms with Crippen LogP contribution in [0.4, 0.5) is 16.2 Å². The number of hydrogen-bond donors (Lipinski definition) is 3. The zero-order valence-electron chi connectivity index (χ0n) is 17.8. The van der Waals surface area contributed by atoms with Crippen molar-refractivity contribution < 1.29 is 9.59 Å². The van der Waals surface area contributed by atoms with Crippen molar-refractivity contribution in [3.63, 3.8) is 0 Å². The highest BCUT2D eigenvalue weighted by molar-refractivity contribution is 6.06. The number of fused-ring (bicyclic) bond motifs is 2. The molecule has 33 heavy (non-hydrogen) atoms. The van der Waals surface area contributed by atoms with E-state index in [1.165, 1.54) is 6.20 Å². The number of nitrogens with one attached hydrogen (secondary N) is 3. The van der Waals surface area contributed by atoms with E-state index in [-0.39, 0.29) is 17.5 Å². The van der Waals surface area contributed by atoms with Gasteiger partial charge in [-0.05, 0) is 41.8 Å². The lowest BCUT2D eigenvalue weighted by molar-refractivity contribution is 0.0736. The van der Waals surface area contributed by atoms with Crippen molar-refractivity contribution in [3.05, 3.63) is 106 Å². The molecule has 0 atom stereocenters. The average molecular weight is 438 g/mol. The van der Waals surface area contributed by atoms with Crippen LogP contribution in [0.15, 0.2) is 83.8 Å². The van der Waals surface area contributed by atoms with E-state index in [1.54, 1.807) is 23.1 Å². The Kier molecular flexibility index (Phi) is 5.36. The summed E-state index contributed by atoms with van der Waals surface area (Å²) >= 11 is 0. The standard InChI is InChI=1S/C26H22N4O3/c31-24-21-11-5-4-10-20(21)22(15-27-24)25(32)30-14-13-19-17(16-30)7-6-12-23(19)29-26(33)28-18-8-2-1-3-9-18/h1-12,15H,13-14,16H2,(H,27,31)(H2,28,29,33). The normalized spacial score (nSPS) is 12.8. The lowest BCUT2D eigenvalue weighted by Gasteiger charge is -2.30. The van der Waals surface area contributed by atoms with E-state index in [1.807, 2.05) is 54.6 Å². The quantitative estimate of drug-likeness (QED) is 0.443. The number of hydrogen-bond acceptors (Lipinski definition) is 3. The number of pyridine rings is 1. The first-order chi connectivity index (χ1) is 16.1. The van der Waals surface area contributed by atoms with E-state index < -0.39 is 0 Å². The Morgan fingerprint density at radius 2 is 1.61 bits per heavy atom. The Morgan fingerprint density at radius 3 is 2.42 bits per heavy atom. The number of aromatic amines is 1. The van der Waals surface area contributed by atoms with Gasteiger partial charge in [-0.3, -0.25) is 9.59 Å². The number of para-hydroxylation sites is 1. The smallest absolute Gasteiger partial charge is 0.323 e. The summed E-state index contributed by atoms with van der Waals surface area (Å²) in [6.07, 6.45) is 2.11. The van der Waals surface area contributed by atoms with Gasteiger partial charge in [-0.25, -0.2) is 4.79 Å². The molecule has 3 amide bonds. The minimum absolute atomic E-state index is 0.131. The summed E-state index contributed by atoms with van der Waals surface area (Å²) < 4.78 is 0. The van der Waals surface area contributed by atoms with Crippen LogP contribution in [0.3, 0.4) is 0 Å². The molecule has 0 radical (unpaired) electrons. The number of nitrogens with zero attached hydrogens (tertiary/aromatic N) is 1. The van der Waals surface area contributed by atoms with E-state index in [0.29, 0.717) is 41.5 Å².